The molecule has 1 aliphatic heterocycles. The third-order valence-corrected chi connectivity index (χ3v) is 3.87. The summed E-state index contributed by atoms with van der Waals surface area (Å²) in [6.07, 6.45) is -0.483. The van der Waals surface area contributed by atoms with Crippen LogP contribution in [0.3, 0.4) is 0 Å². The molecule has 1 heterocycles. The van der Waals surface area contributed by atoms with Crippen LogP contribution >= 0.6 is 0 Å². The number of carbonyl (C=O) groups excluding carboxylic acids is 3. The second-order valence-corrected chi connectivity index (χ2v) is 5.74. The highest BCUT2D eigenvalue weighted by Crippen LogP contribution is 2.19. The van der Waals surface area contributed by atoms with Crippen molar-refractivity contribution in [3.05, 3.63) is 35.9 Å². The molecule has 1 fully saturated rings. The average molecular weight is 334 g/mol. The number of benzene rings is 1. The van der Waals surface area contributed by atoms with E-state index in [9.17, 15) is 14.4 Å². The molecule has 130 valence electrons. The van der Waals surface area contributed by atoms with Crippen molar-refractivity contribution in [2.45, 2.75) is 32.0 Å². The summed E-state index contributed by atoms with van der Waals surface area (Å²) in [6, 6.07) is 9.41. The summed E-state index contributed by atoms with van der Waals surface area (Å²) in [6.45, 7) is 0.700. The van der Waals surface area contributed by atoms with E-state index < -0.39 is 18.0 Å². The van der Waals surface area contributed by atoms with Crippen molar-refractivity contribution < 1.29 is 23.9 Å². The maximum Gasteiger partial charge on any atom is 0.405 e. The maximum atomic E-state index is 12.3. The Hall–Kier alpha value is -2.41. The summed E-state index contributed by atoms with van der Waals surface area (Å²) in [5.41, 5.74) is 5.97. The largest absolute Gasteiger partial charge is 0.438 e. The molecule has 2 atom stereocenters. The Morgan fingerprint density at radius 1 is 1.29 bits per heavy atom. The normalized spacial score (nSPS) is 18.5. The molecule has 3 N–H and O–H groups in total. The Balaban J connectivity index is 1.87. The predicted octanol–water partition coefficient (Wildman–Crippen LogP) is 1.15. The van der Waals surface area contributed by atoms with Crippen LogP contribution in [0.25, 0.3) is 0 Å². The van der Waals surface area contributed by atoms with Crippen molar-refractivity contribution in [1.29, 1.82) is 0 Å². The fourth-order valence-corrected chi connectivity index (χ4v) is 2.64. The molecule has 2 rings (SSSR count). The van der Waals surface area contributed by atoms with Gasteiger partial charge in [0.05, 0.1) is 6.61 Å². The van der Waals surface area contributed by atoms with Gasteiger partial charge in [0.1, 0.15) is 6.61 Å². The van der Waals surface area contributed by atoms with Gasteiger partial charge in [-0.25, -0.2) is 4.79 Å². The highest BCUT2D eigenvalue weighted by Gasteiger charge is 2.31. The minimum Gasteiger partial charge on any atom is -0.438 e. The molecule has 2 unspecified atom stereocenters. The predicted molar refractivity (Wildman–Crippen MR) is 85.9 cm³/mol. The first kappa shape index (κ1) is 17.9. The van der Waals surface area contributed by atoms with Gasteiger partial charge in [-0.3, -0.25) is 9.59 Å². The van der Waals surface area contributed by atoms with Gasteiger partial charge < -0.3 is 20.5 Å². The van der Waals surface area contributed by atoms with Crippen LogP contribution in [0.1, 0.15) is 24.8 Å². The van der Waals surface area contributed by atoms with E-state index >= 15 is 0 Å². The number of nitrogens with one attached hydrogen (secondary N) is 1. The van der Waals surface area contributed by atoms with Gasteiger partial charge in [0.25, 0.3) is 0 Å². The number of hydrogen-bond donors (Lipinski definition) is 2. The molecule has 7 nitrogen and oxygen atoms in total. The standard InChI is InChI=1S/C17H22N2O5/c18-17(22)24-15(9-13-7-4-8-19-16(13)21)14(20)11-23-10-12-5-2-1-3-6-12/h1-3,5-6,13,15H,4,7-11H2,(H2,18,22)(H,19,21). The van der Waals surface area contributed by atoms with Crippen LogP contribution < -0.4 is 11.1 Å². The van der Waals surface area contributed by atoms with E-state index in [1.54, 1.807) is 0 Å². The van der Waals surface area contributed by atoms with E-state index in [2.05, 4.69) is 5.32 Å². The monoisotopic (exact) mass is 334 g/mol. The van der Waals surface area contributed by atoms with Crippen molar-refractivity contribution in [3.8, 4) is 0 Å². The first-order valence-electron chi connectivity index (χ1n) is 7.94. The molecule has 0 aromatic heterocycles. The fourth-order valence-electron chi connectivity index (χ4n) is 2.64. The summed E-state index contributed by atoms with van der Waals surface area (Å²) in [4.78, 5) is 35.1. The van der Waals surface area contributed by atoms with Crippen LogP contribution in [0.2, 0.25) is 0 Å². The molecular weight excluding hydrogens is 312 g/mol. The molecule has 7 heteroatoms. The molecule has 1 aromatic carbocycles. The third-order valence-electron chi connectivity index (χ3n) is 3.87. The van der Waals surface area contributed by atoms with E-state index in [0.717, 1.165) is 12.0 Å². The van der Waals surface area contributed by atoms with Crippen LogP contribution in [0.5, 0.6) is 0 Å². The lowest BCUT2D eigenvalue weighted by Gasteiger charge is -2.25. The van der Waals surface area contributed by atoms with Gasteiger partial charge in [0.2, 0.25) is 5.91 Å². The smallest absolute Gasteiger partial charge is 0.405 e. The Labute approximate surface area is 140 Å². The minimum absolute atomic E-state index is 0.127. The van der Waals surface area contributed by atoms with Gasteiger partial charge in [-0.05, 0) is 18.4 Å². The number of piperidine rings is 1. The van der Waals surface area contributed by atoms with Gasteiger partial charge in [0.15, 0.2) is 11.9 Å². The fraction of sp³-hybridized carbons (Fsp3) is 0.471. The average Bonchev–Trinajstić information content (AvgIpc) is 2.56. The number of ketones is 1. The number of primary amides is 1. The summed E-state index contributed by atoms with van der Waals surface area (Å²) in [5.74, 6) is -0.887. The van der Waals surface area contributed by atoms with E-state index in [-0.39, 0.29) is 31.5 Å². The van der Waals surface area contributed by atoms with Crippen LogP contribution in [-0.4, -0.2) is 37.0 Å². The lowest BCUT2D eigenvalue weighted by Crippen LogP contribution is -2.41. The van der Waals surface area contributed by atoms with E-state index in [1.807, 2.05) is 30.3 Å². The van der Waals surface area contributed by atoms with Crippen molar-refractivity contribution in [1.82, 2.24) is 5.32 Å². The molecule has 0 saturated carbocycles. The quantitative estimate of drug-likeness (QED) is 0.741. The van der Waals surface area contributed by atoms with Crippen LogP contribution in [0.4, 0.5) is 4.79 Å². The van der Waals surface area contributed by atoms with E-state index in [4.69, 9.17) is 15.2 Å². The number of hydrogen-bond acceptors (Lipinski definition) is 5. The summed E-state index contributed by atoms with van der Waals surface area (Å²) < 4.78 is 10.3. The Morgan fingerprint density at radius 2 is 2.04 bits per heavy atom. The molecule has 0 radical (unpaired) electrons. The highest BCUT2D eigenvalue weighted by molar-refractivity contribution is 5.87. The zero-order chi connectivity index (χ0) is 17.4. The molecular formula is C17H22N2O5. The van der Waals surface area contributed by atoms with E-state index in [0.29, 0.717) is 13.0 Å². The molecule has 0 aliphatic carbocycles. The Bertz CT molecular complexity index is 576. The summed E-state index contributed by atoms with van der Waals surface area (Å²) >= 11 is 0. The first-order valence-corrected chi connectivity index (χ1v) is 7.94. The van der Waals surface area contributed by atoms with Crippen molar-refractivity contribution in [2.24, 2.45) is 11.7 Å². The zero-order valence-corrected chi connectivity index (χ0v) is 13.4. The summed E-state index contributed by atoms with van der Waals surface area (Å²) in [5, 5.41) is 2.74. The molecule has 1 aliphatic rings. The number of amides is 2. The van der Waals surface area contributed by atoms with Crippen molar-refractivity contribution in [2.75, 3.05) is 13.2 Å². The van der Waals surface area contributed by atoms with Crippen LogP contribution in [-0.2, 0) is 25.7 Å². The molecule has 2 amide bonds. The lowest BCUT2D eigenvalue weighted by molar-refractivity contribution is -0.135. The van der Waals surface area contributed by atoms with Gasteiger partial charge in [-0.1, -0.05) is 30.3 Å². The Morgan fingerprint density at radius 3 is 2.71 bits per heavy atom. The lowest BCUT2D eigenvalue weighted by atomic mass is 9.91. The first-order chi connectivity index (χ1) is 11.6. The summed E-state index contributed by atoms with van der Waals surface area (Å²) in [7, 11) is 0. The topological polar surface area (TPSA) is 108 Å². The van der Waals surface area contributed by atoms with Crippen LogP contribution in [0.15, 0.2) is 30.3 Å². The second-order valence-electron chi connectivity index (χ2n) is 5.74. The van der Waals surface area contributed by atoms with Gasteiger partial charge in [-0.15, -0.1) is 0 Å². The Kier molecular flexibility index (Phi) is 6.74. The number of Topliss-reactive ketones (excluding diaryl/α,β-unsaturated/α-hetero) is 1. The SMILES string of the molecule is NC(=O)OC(CC1CCCNC1=O)C(=O)COCc1ccccc1. The van der Waals surface area contributed by atoms with Gasteiger partial charge in [-0.2, -0.15) is 0 Å². The highest BCUT2D eigenvalue weighted by atomic mass is 16.6. The van der Waals surface area contributed by atoms with Crippen LogP contribution in [0, 0.1) is 5.92 Å². The molecule has 1 saturated heterocycles. The zero-order valence-electron chi connectivity index (χ0n) is 13.4. The molecule has 0 spiro atoms. The number of rotatable bonds is 8. The maximum absolute atomic E-state index is 12.3. The molecule has 1 aromatic rings. The van der Waals surface area contributed by atoms with Gasteiger partial charge in [0, 0.05) is 18.9 Å². The molecule has 0 bridgehead atoms. The number of nitrogens with two attached hydrogens (primary N) is 1. The second kappa shape index (κ2) is 9.02. The number of ether oxygens (including phenoxy) is 2. The number of carbonyl (C=O) groups is 3. The van der Waals surface area contributed by atoms with Crippen molar-refractivity contribution in [3.63, 3.8) is 0 Å². The van der Waals surface area contributed by atoms with E-state index in [1.165, 1.54) is 0 Å². The van der Waals surface area contributed by atoms with Gasteiger partial charge >= 0.3 is 6.09 Å². The van der Waals surface area contributed by atoms with Crippen molar-refractivity contribution >= 4 is 17.8 Å². The molecule has 24 heavy (non-hydrogen) atoms. The minimum atomic E-state index is -1.06. The third kappa shape index (κ3) is 5.66.